The maximum atomic E-state index is 14.8. The van der Waals surface area contributed by atoms with Gasteiger partial charge in [-0.25, -0.2) is 8.78 Å². The van der Waals surface area contributed by atoms with Crippen molar-refractivity contribution in [1.29, 1.82) is 0 Å². The molecule has 0 aliphatic carbocycles. The van der Waals surface area contributed by atoms with Crippen molar-refractivity contribution >= 4 is 11.7 Å². The summed E-state index contributed by atoms with van der Waals surface area (Å²) in [6, 6.07) is 6.13. The van der Waals surface area contributed by atoms with Crippen molar-refractivity contribution in [3.8, 4) is 22.6 Å². The molecule has 0 atom stereocenters. The first kappa shape index (κ1) is 20.9. The van der Waals surface area contributed by atoms with Crippen molar-refractivity contribution in [3.63, 3.8) is 0 Å². The van der Waals surface area contributed by atoms with E-state index in [1.807, 2.05) is 13.8 Å². The van der Waals surface area contributed by atoms with Gasteiger partial charge in [-0.1, -0.05) is 6.07 Å². The number of anilines is 1. The standard InChI is InChI=1S/C22H25F2NO4/c1-22(2)12-15-14(7-8-18(28-4)21(15)29-22)13-10-16(23)20(17(24)11-13)25(3)9-5-6-19(26)27/h7-8,10-11H,5-6,9,12H2,1-4H3,(H,26,27). The van der Waals surface area contributed by atoms with Gasteiger partial charge >= 0.3 is 5.97 Å². The van der Waals surface area contributed by atoms with Crippen LogP contribution >= 0.6 is 0 Å². The van der Waals surface area contributed by atoms with Crippen LogP contribution in [0.25, 0.3) is 11.1 Å². The molecule has 0 fully saturated rings. The molecule has 2 aromatic rings. The SMILES string of the molecule is COc1ccc(-c2cc(F)c(N(C)CCCC(=O)O)c(F)c2)c2c1OC(C)(C)C2. The van der Waals surface area contributed by atoms with Gasteiger partial charge < -0.3 is 19.5 Å². The molecule has 0 spiro atoms. The van der Waals surface area contributed by atoms with Crippen molar-refractivity contribution in [2.24, 2.45) is 0 Å². The van der Waals surface area contributed by atoms with Crippen molar-refractivity contribution < 1.29 is 28.2 Å². The molecule has 0 aromatic heterocycles. The van der Waals surface area contributed by atoms with Crippen molar-refractivity contribution in [1.82, 2.24) is 0 Å². The average molecular weight is 405 g/mol. The first-order valence-electron chi connectivity index (χ1n) is 9.44. The summed E-state index contributed by atoms with van der Waals surface area (Å²) in [5.41, 5.74) is 1.37. The number of rotatable bonds is 7. The van der Waals surface area contributed by atoms with E-state index in [9.17, 15) is 13.6 Å². The molecule has 5 nitrogen and oxygen atoms in total. The van der Waals surface area contributed by atoms with E-state index in [2.05, 4.69) is 0 Å². The topological polar surface area (TPSA) is 59.0 Å². The molecule has 0 amide bonds. The second-order valence-electron chi connectivity index (χ2n) is 7.87. The van der Waals surface area contributed by atoms with Crippen molar-refractivity contribution in [3.05, 3.63) is 41.5 Å². The van der Waals surface area contributed by atoms with Crippen LogP contribution in [-0.4, -0.2) is 37.4 Å². The first-order valence-corrected chi connectivity index (χ1v) is 9.44. The Kier molecular flexibility index (Phi) is 5.68. The predicted octanol–water partition coefficient (Wildman–Crippen LogP) is 4.65. The molecule has 0 bridgehead atoms. The number of ether oxygens (including phenoxy) is 2. The van der Waals surface area contributed by atoms with Gasteiger partial charge in [0.15, 0.2) is 11.5 Å². The predicted molar refractivity (Wildman–Crippen MR) is 107 cm³/mol. The number of nitrogens with zero attached hydrogens (tertiary/aromatic N) is 1. The third-order valence-corrected chi connectivity index (χ3v) is 5.02. The van der Waals surface area contributed by atoms with Crippen LogP contribution in [0.15, 0.2) is 24.3 Å². The van der Waals surface area contributed by atoms with Crippen LogP contribution in [0.5, 0.6) is 11.5 Å². The number of carboxylic acids is 1. The number of halogens is 2. The van der Waals surface area contributed by atoms with Gasteiger partial charge in [-0.2, -0.15) is 0 Å². The third-order valence-electron chi connectivity index (χ3n) is 5.02. The number of hydrogen-bond acceptors (Lipinski definition) is 4. The maximum absolute atomic E-state index is 14.8. The molecule has 3 rings (SSSR count). The zero-order valence-corrected chi connectivity index (χ0v) is 17.0. The highest BCUT2D eigenvalue weighted by Crippen LogP contribution is 2.47. The number of carbonyl (C=O) groups is 1. The number of hydrogen-bond donors (Lipinski definition) is 1. The fourth-order valence-corrected chi connectivity index (χ4v) is 3.73. The van der Waals surface area contributed by atoms with Gasteiger partial charge in [0.25, 0.3) is 0 Å². The van der Waals surface area contributed by atoms with Crippen LogP contribution in [0.2, 0.25) is 0 Å². The van der Waals surface area contributed by atoms with Gasteiger partial charge in [-0.3, -0.25) is 4.79 Å². The molecule has 1 N–H and O–H groups in total. The zero-order valence-electron chi connectivity index (χ0n) is 17.0. The van der Waals surface area contributed by atoms with E-state index in [1.165, 1.54) is 17.0 Å². The number of benzene rings is 2. The quantitative estimate of drug-likeness (QED) is 0.726. The third kappa shape index (κ3) is 4.28. The van der Waals surface area contributed by atoms with Crippen LogP contribution in [0.3, 0.4) is 0 Å². The van der Waals surface area contributed by atoms with Crippen LogP contribution in [-0.2, 0) is 11.2 Å². The van der Waals surface area contributed by atoms with Crippen LogP contribution in [0.1, 0.15) is 32.3 Å². The van der Waals surface area contributed by atoms with E-state index in [0.29, 0.717) is 35.5 Å². The zero-order chi connectivity index (χ0) is 21.3. The lowest BCUT2D eigenvalue weighted by molar-refractivity contribution is -0.137. The molecular weight excluding hydrogens is 380 g/mol. The Hall–Kier alpha value is -2.83. The molecule has 29 heavy (non-hydrogen) atoms. The molecule has 1 aliphatic rings. The molecule has 156 valence electrons. The van der Waals surface area contributed by atoms with Gasteiger partial charge in [0, 0.05) is 32.0 Å². The second-order valence-corrected chi connectivity index (χ2v) is 7.87. The average Bonchev–Trinajstić information content (AvgIpc) is 2.94. The smallest absolute Gasteiger partial charge is 0.303 e. The number of carboxylic acid groups (broad SMARTS) is 1. The van der Waals surface area contributed by atoms with E-state index in [4.69, 9.17) is 14.6 Å². The maximum Gasteiger partial charge on any atom is 0.303 e. The summed E-state index contributed by atoms with van der Waals surface area (Å²) in [7, 11) is 3.10. The normalized spacial score (nSPS) is 14.3. The summed E-state index contributed by atoms with van der Waals surface area (Å²) < 4.78 is 41.0. The van der Waals surface area contributed by atoms with Crippen LogP contribution in [0.4, 0.5) is 14.5 Å². The number of aliphatic carboxylic acids is 1. The van der Waals surface area contributed by atoms with Gasteiger partial charge in [-0.05, 0) is 49.6 Å². The second kappa shape index (κ2) is 7.89. The lowest BCUT2D eigenvalue weighted by atomic mass is 9.93. The summed E-state index contributed by atoms with van der Waals surface area (Å²) in [6.45, 7) is 4.14. The highest BCUT2D eigenvalue weighted by molar-refractivity contribution is 5.75. The Morgan fingerprint density at radius 1 is 1.28 bits per heavy atom. The van der Waals surface area contributed by atoms with E-state index in [1.54, 1.807) is 26.3 Å². The Labute approximate surface area is 168 Å². The fraction of sp³-hybridized carbons (Fsp3) is 0.409. The number of fused-ring (bicyclic) bond motifs is 1. The Morgan fingerprint density at radius 3 is 2.52 bits per heavy atom. The molecule has 1 aliphatic heterocycles. The van der Waals surface area contributed by atoms with Gasteiger partial charge in [-0.15, -0.1) is 0 Å². The lowest BCUT2D eigenvalue weighted by Crippen LogP contribution is -2.24. The van der Waals surface area contributed by atoms with Crippen molar-refractivity contribution in [2.75, 3.05) is 25.6 Å². The first-order chi connectivity index (χ1) is 13.6. The van der Waals surface area contributed by atoms with Crippen LogP contribution < -0.4 is 14.4 Å². The van der Waals surface area contributed by atoms with E-state index >= 15 is 0 Å². The number of methoxy groups -OCH3 is 1. The van der Waals surface area contributed by atoms with Crippen molar-refractivity contribution in [2.45, 2.75) is 38.7 Å². The molecule has 2 aromatic carbocycles. The Bertz CT molecular complexity index is 920. The summed E-state index contributed by atoms with van der Waals surface area (Å²) >= 11 is 0. The molecule has 0 radical (unpaired) electrons. The molecule has 7 heteroatoms. The highest BCUT2D eigenvalue weighted by Gasteiger charge is 2.35. The van der Waals surface area contributed by atoms with E-state index < -0.39 is 23.2 Å². The highest BCUT2D eigenvalue weighted by atomic mass is 19.1. The minimum Gasteiger partial charge on any atom is -0.493 e. The minimum absolute atomic E-state index is 0.0561. The van der Waals surface area contributed by atoms with E-state index in [-0.39, 0.29) is 18.7 Å². The fourth-order valence-electron chi connectivity index (χ4n) is 3.73. The van der Waals surface area contributed by atoms with Gasteiger partial charge in [0.2, 0.25) is 0 Å². The van der Waals surface area contributed by atoms with Gasteiger partial charge in [0.05, 0.1) is 7.11 Å². The molecule has 0 saturated carbocycles. The Morgan fingerprint density at radius 2 is 1.93 bits per heavy atom. The molecule has 0 saturated heterocycles. The molecule has 1 heterocycles. The summed E-state index contributed by atoms with van der Waals surface area (Å²) in [4.78, 5) is 12.1. The molecule has 0 unspecified atom stereocenters. The summed E-state index contributed by atoms with van der Waals surface area (Å²) in [5.74, 6) is -1.13. The van der Waals surface area contributed by atoms with E-state index in [0.717, 1.165) is 5.56 Å². The minimum atomic E-state index is -0.937. The lowest BCUT2D eigenvalue weighted by Gasteiger charge is -2.21. The largest absolute Gasteiger partial charge is 0.493 e. The monoisotopic (exact) mass is 405 g/mol. The summed E-state index contributed by atoms with van der Waals surface area (Å²) in [5, 5.41) is 8.73. The Balaban J connectivity index is 1.96. The van der Waals surface area contributed by atoms with Gasteiger partial charge in [0.1, 0.15) is 22.9 Å². The van der Waals surface area contributed by atoms with Crippen LogP contribution in [0, 0.1) is 11.6 Å². The molecular formula is C22H25F2NO4. The summed E-state index contributed by atoms with van der Waals surface area (Å²) in [6.07, 6.45) is 0.833.